The van der Waals surface area contributed by atoms with E-state index in [9.17, 15) is 0 Å². The maximum absolute atomic E-state index is 8.89. The molecule has 0 radical (unpaired) electrons. The summed E-state index contributed by atoms with van der Waals surface area (Å²) < 4.78 is 17.8. The van der Waals surface area contributed by atoms with E-state index in [1.807, 2.05) is 0 Å². The van der Waals surface area contributed by atoms with E-state index in [0.717, 1.165) is 66.2 Å². The maximum Gasteiger partial charge on any atom is 4.00 e. The van der Waals surface area contributed by atoms with Crippen molar-refractivity contribution in [2.45, 2.75) is 106 Å². The first-order valence-corrected chi connectivity index (χ1v) is 12.0. The molecule has 222 valence electrons. The Morgan fingerprint density at radius 2 is 0.868 bits per heavy atom. The minimum Gasteiger partial charge on any atom is -0.550 e. The van der Waals surface area contributed by atoms with Crippen molar-refractivity contribution >= 4 is 29.7 Å². The number of amidine groups is 1. The van der Waals surface area contributed by atoms with Crippen molar-refractivity contribution in [1.82, 2.24) is 0 Å². The van der Waals surface area contributed by atoms with Crippen LogP contribution in [0.1, 0.15) is 99.8 Å². The molecule has 0 heterocycles. The number of rotatable bonds is 15. The fourth-order valence-corrected chi connectivity index (χ4v) is 1.75. The third-order valence-electron chi connectivity index (χ3n) is 3.16. The van der Waals surface area contributed by atoms with Crippen LogP contribution in [-0.4, -0.2) is 55.5 Å². The summed E-state index contributed by atoms with van der Waals surface area (Å²) in [4.78, 5) is 35.6. The first kappa shape index (κ1) is 49.1. The number of hydrogen-bond acceptors (Lipinski definition) is 12. The summed E-state index contributed by atoms with van der Waals surface area (Å²) >= 11 is 0. The SMILES string of the molecule is CC(=O)[O-].CC(=O)[O-].CC(=O)[O-].CC(=O)[O-].CCCCOC(CCC(=N)N)(OCCCC)OCCCC.[Zr+4]. The van der Waals surface area contributed by atoms with Gasteiger partial charge in [-0.25, -0.2) is 0 Å². The van der Waals surface area contributed by atoms with Gasteiger partial charge in [0.2, 0.25) is 0 Å². The van der Waals surface area contributed by atoms with Crippen LogP contribution in [0.5, 0.6) is 0 Å². The van der Waals surface area contributed by atoms with Gasteiger partial charge >= 0.3 is 26.2 Å². The van der Waals surface area contributed by atoms with Crippen LogP contribution in [0.2, 0.25) is 0 Å². The van der Waals surface area contributed by atoms with Gasteiger partial charge in [-0.1, -0.05) is 40.0 Å². The molecule has 0 atom stereocenters. The molecule has 13 nitrogen and oxygen atoms in total. The van der Waals surface area contributed by atoms with Crippen LogP contribution in [0.4, 0.5) is 0 Å². The van der Waals surface area contributed by atoms with E-state index < -0.39 is 29.9 Å². The van der Waals surface area contributed by atoms with Gasteiger partial charge in [0.1, 0.15) is 0 Å². The van der Waals surface area contributed by atoms with Crippen LogP contribution in [0.15, 0.2) is 0 Å². The molecular formula is C24H46N2O11Zr. The van der Waals surface area contributed by atoms with Crippen LogP contribution in [0, 0.1) is 5.41 Å². The van der Waals surface area contributed by atoms with Gasteiger partial charge in [0.25, 0.3) is 5.97 Å². The Labute approximate surface area is 246 Å². The molecule has 0 aromatic carbocycles. The molecular weight excluding hydrogens is 583 g/mol. The van der Waals surface area contributed by atoms with E-state index in [2.05, 4.69) is 20.8 Å². The quantitative estimate of drug-likeness (QED) is 0.0943. The average molecular weight is 630 g/mol. The van der Waals surface area contributed by atoms with Crippen LogP contribution >= 0.6 is 0 Å². The third kappa shape index (κ3) is 76.5. The summed E-state index contributed by atoms with van der Waals surface area (Å²) in [5.41, 5.74) is 5.48. The zero-order chi connectivity index (χ0) is 30.3. The van der Waals surface area contributed by atoms with Crippen molar-refractivity contribution < 1.29 is 80.0 Å². The second-order valence-corrected chi connectivity index (χ2v) is 7.28. The summed E-state index contributed by atoms with van der Waals surface area (Å²) in [5.74, 6) is -5.23. The summed E-state index contributed by atoms with van der Waals surface area (Å²) in [6.45, 7) is 12.1. The van der Waals surface area contributed by atoms with Gasteiger partial charge < -0.3 is 59.5 Å². The normalized spacial score (nSPS) is 9.13. The number of ether oxygens (including phenoxy) is 3. The molecule has 0 aliphatic heterocycles. The van der Waals surface area contributed by atoms with Crippen molar-refractivity contribution in [1.29, 1.82) is 5.41 Å². The maximum atomic E-state index is 8.89. The number of carbonyl (C=O) groups excluding carboxylic acids is 4. The standard InChI is InChI=1S/C16H34N2O3.4C2H4O2.Zr/c1-4-7-12-19-16(11-10-15(17)18,20-13-8-5-2)21-14-9-6-3;4*1-2(3)4;/h4-14H2,1-3H3,(H3,17,18);4*1H3,(H,3,4);/q;;;;;+4/p-4. The van der Waals surface area contributed by atoms with Crippen LogP contribution < -0.4 is 26.2 Å². The van der Waals surface area contributed by atoms with Gasteiger partial charge in [0.15, 0.2) is 0 Å². The number of carboxylic acids is 4. The van der Waals surface area contributed by atoms with E-state index in [1.54, 1.807) is 0 Å². The van der Waals surface area contributed by atoms with E-state index in [0.29, 0.717) is 32.7 Å². The zero-order valence-electron chi connectivity index (χ0n) is 23.8. The van der Waals surface area contributed by atoms with Crippen LogP contribution in [-0.2, 0) is 59.6 Å². The number of carbonyl (C=O) groups is 4. The molecule has 38 heavy (non-hydrogen) atoms. The number of carboxylic acid groups (broad SMARTS) is 4. The van der Waals surface area contributed by atoms with Crippen molar-refractivity contribution in [3.05, 3.63) is 0 Å². The minimum atomic E-state index is -1.08. The molecule has 0 fully saturated rings. The third-order valence-corrected chi connectivity index (χ3v) is 3.16. The molecule has 0 amide bonds. The van der Waals surface area contributed by atoms with Crippen molar-refractivity contribution in [2.24, 2.45) is 5.73 Å². The van der Waals surface area contributed by atoms with Crippen LogP contribution in [0.3, 0.4) is 0 Å². The summed E-state index contributed by atoms with van der Waals surface area (Å²) in [6, 6.07) is 0. The largest absolute Gasteiger partial charge is 4.00 e. The Hall–Kier alpha value is -1.89. The first-order chi connectivity index (χ1) is 17.0. The van der Waals surface area contributed by atoms with Gasteiger partial charge in [0.05, 0.1) is 25.7 Å². The molecule has 0 aliphatic rings. The molecule has 0 aromatic heterocycles. The zero-order valence-corrected chi connectivity index (χ0v) is 26.3. The predicted octanol–water partition coefficient (Wildman–Crippen LogP) is -1.17. The Bertz CT molecular complexity index is 501. The molecule has 0 saturated heterocycles. The molecule has 0 aliphatic carbocycles. The summed E-state index contributed by atoms with van der Waals surface area (Å²) in [7, 11) is 0. The molecule has 0 saturated carbocycles. The van der Waals surface area contributed by atoms with E-state index >= 15 is 0 Å². The Morgan fingerprint density at radius 1 is 0.658 bits per heavy atom. The summed E-state index contributed by atoms with van der Waals surface area (Å²) in [5, 5.41) is 43.0. The fraction of sp³-hybridized carbons (Fsp3) is 0.792. The molecule has 0 unspecified atom stereocenters. The minimum absolute atomic E-state index is 0. The van der Waals surface area contributed by atoms with Gasteiger partial charge in [-0.05, 0) is 47.0 Å². The van der Waals surface area contributed by atoms with Crippen molar-refractivity contribution in [2.75, 3.05) is 19.8 Å². The van der Waals surface area contributed by atoms with E-state index in [-0.39, 0.29) is 32.0 Å². The second kappa shape index (κ2) is 37.3. The molecule has 0 aromatic rings. The van der Waals surface area contributed by atoms with E-state index in [1.165, 1.54) is 0 Å². The molecule has 3 N–H and O–H groups in total. The number of aliphatic carboxylic acids is 4. The van der Waals surface area contributed by atoms with E-state index in [4.69, 9.17) is 65.0 Å². The molecule has 14 heteroatoms. The number of hydrogen-bond donors (Lipinski definition) is 2. The van der Waals surface area contributed by atoms with Gasteiger partial charge in [0, 0.05) is 36.7 Å². The Morgan fingerprint density at radius 3 is 1.03 bits per heavy atom. The van der Waals surface area contributed by atoms with Gasteiger partial charge in [-0.2, -0.15) is 0 Å². The molecule has 0 spiro atoms. The first-order valence-electron chi connectivity index (χ1n) is 12.0. The summed E-state index contributed by atoms with van der Waals surface area (Å²) in [6.07, 6.45) is 6.98. The average Bonchev–Trinajstić information content (AvgIpc) is 2.71. The van der Waals surface area contributed by atoms with Crippen LogP contribution in [0.25, 0.3) is 0 Å². The number of nitrogens with one attached hydrogen (secondary N) is 1. The Balaban J connectivity index is -0.000000122. The predicted molar refractivity (Wildman–Crippen MR) is 129 cm³/mol. The van der Waals surface area contributed by atoms with Crippen molar-refractivity contribution in [3.63, 3.8) is 0 Å². The smallest absolute Gasteiger partial charge is 0.550 e. The van der Waals surface area contributed by atoms with Gasteiger partial charge in [-0.15, -0.1) is 0 Å². The monoisotopic (exact) mass is 628 g/mol. The number of unbranched alkanes of at least 4 members (excludes halogenated alkanes) is 3. The van der Waals surface area contributed by atoms with Crippen molar-refractivity contribution in [3.8, 4) is 0 Å². The fourth-order valence-electron chi connectivity index (χ4n) is 1.75. The second-order valence-electron chi connectivity index (χ2n) is 7.28. The molecule has 0 bridgehead atoms. The topological polar surface area (TPSA) is 238 Å². The number of nitrogens with two attached hydrogens (primary N) is 1. The molecule has 0 rings (SSSR count). The van der Waals surface area contributed by atoms with Gasteiger partial charge in [-0.3, -0.25) is 5.41 Å². The Kier molecular flexibility index (Phi) is 48.2.